The molecule has 4 aromatic carbocycles. The molecule has 1 amide bonds. The third-order valence-electron chi connectivity index (χ3n) is 9.21. The number of aromatic nitrogens is 1. The molecule has 7 rings (SSSR count). The summed E-state index contributed by atoms with van der Waals surface area (Å²) in [4.78, 5) is 27.2. The maximum atomic E-state index is 16.0. The number of ketones is 1. The second-order valence-electron chi connectivity index (χ2n) is 13.5. The summed E-state index contributed by atoms with van der Waals surface area (Å²) in [7, 11) is 0. The second kappa shape index (κ2) is 13.5. The van der Waals surface area contributed by atoms with Crippen LogP contribution in [0.4, 0.5) is 18.9 Å². The quantitative estimate of drug-likeness (QED) is 0.126. The number of nitrogens with one attached hydrogen (secondary N) is 1. The highest BCUT2D eigenvalue weighted by Gasteiger charge is 2.53. The minimum atomic E-state index is -3.81. The molecule has 1 saturated carbocycles. The molecule has 0 bridgehead atoms. The summed E-state index contributed by atoms with van der Waals surface area (Å²) < 4.78 is 82.3. The fraction of sp³-hybridized carbons (Fsp3) is 0.300. The molecule has 1 aromatic heterocycles. The number of alkyl halides is 2. The Hall–Kier alpha value is -5.13. The van der Waals surface area contributed by atoms with Gasteiger partial charge < -0.3 is 28.8 Å². The van der Waals surface area contributed by atoms with Crippen LogP contribution in [0.2, 0.25) is 0 Å². The number of rotatable bonds is 14. The Morgan fingerprint density at radius 1 is 0.882 bits per heavy atom. The first-order valence-corrected chi connectivity index (χ1v) is 16.5. The van der Waals surface area contributed by atoms with Crippen LogP contribution in [-0.4, -0.2) is 35.7 Å². The van der Waals surface area contributed by atoms with Crippen LogP contribution in [0.3, 0.4) is 0 Å². The van der Waals surface area contributed by atoms with Crippen molar-refractivity contribution in [2.24, 2.45) is 0 Å². The van der Waals surface area contributed by atoms with Gasteiger partial charge in [-0.2, -0.15) is 0 Å². The third kappa shape index (κ3) is 7.36. The molecule has 0 atom stereocenters. The molecule has 8 nitrogen and oxygen atoms in total. The summed E-state index contributed by atoms with van der Waals surface area (Å²) >= 11 is 0. The SMILES string of the molecule is [2H]C([2H])(OCc1ccccc1)C(=O)Cn1c(C(C)(C)COCc2ccccc2)cc2cc(NC(=O)C3(c4ccc5c(c4)OC(F)(F)O5)CC3)c(F)cc21. The summed E-state index contributed by atoms with van der Waals surface area (Å²) in [5.41, 5.74) is 1.03. The molecule has 0 spiro atoms. The number of amides is 1. The monoisotopic (exact) mass is 700 g/mol. The number of ether oxygens (including phenoxy) is 4. The number of nitrogens with zero attached hydrogens (tertiary/aromatic N) is 1. The predicted molar refractivity (Wildman–Crippen MR) is 184 cm³/mol. The Morgan fingerprint density at radius 3 is 2.20 bits per heavy atom. The molecule has 0 radical (unpaired) electrons. The first kappa shape index (κ1) is 31.8. The normalized spacial score (nSPS) is 16.4. The third-order valence-corrected chi connectivity index (χ3v) is 9.21. The van der Waals surface area contributed by atoms with E-state index in [-0.39, 0.29) is 30.4 Å². The van der Waals surface area contributed by atoms with Crippen molar-refractivity contribution in [3.8, 4) is 11.5 Å². The lowest BCUT2D eigenvalue weighted by Gasteiger charge is -2.27. The number of fused-ring (bicyclic) bond motifs is 2. The van der Waals surface area contributed by atoms with E-state index >= 15 is 4.39 Å². The molecule has 5 aromatic rings. The van der Waals surface area contributed by atoms with E-state index in [9.17, 15) is 18.4 Å². The van der Waals surface area contributed by atoms with Crippen LogP contribution >= 0.6 is 0 Å². The van der Waals surface area contributed by atoms with Gasteiger partial charge in [0.1, 0.15) is 12.4 Å². The van der Waals surface area contributed by atoms with Gasteiger partial charge in [0.05, 0.1) is 45.7 Å². The molecule has 264 valence electrons. The van der Waals surface area contributed by atoms with Gasteiger partial charge in [-0.1, -0.05) is 80.6 Å². The van der Waals surface area contributed by atoms with E-state index in [4.69, 9.17) is 12.2 Å². The molecular weight excluding hydrogens is 661 g/mol. The lowest BCUT2D eigenvalue weighted by atomic mass is 9.90. The molecule has 2 aliphatic rings. The molecule has 1 aliphatic heterocycles. The van der Waals surface area contributed by atoms with E-state index in [0.717, 1.165) is 5.56 Å². The summed E-state index contributed by atoms with van der Waals surface area (Å²) in [5, 5.41) is 3.18. The lowest BCUT2D eigenvalue weighted by molar-refractivity contribution is -0.286. The number of hydrogen-bond donors (Lipinski definition) is 1. The highest BCUT2D eigenvalue weighted by molar-refractivity contribution is 6.03. The topological polar surface area (TPSA) is 88.0 Å². The van der Waals surface area contributed by atoms with Crippen molar-refractivity contribution in [1.29, 1.82) is 0 Å². The Kier molecular flexibility index (Phi) is 8.45. The molecule has 0 saturated heterocycles. The minimum Gasteiger partial charge on any atom is -0.395 e. The zero-order chi connectivity index (χ0) is 37.6. The van der Waals surface area contributed by atoms with Gasteiger partial charge in [-0.05, 0) is 53.8 Å². The van der Waals surface area contributed by atoms with Gasteiger partial charge in [-0.3, -0.25) is 9.59 Å². The van der Waals surface area contributed by atoms with Gasteiger partial charge in [0.15, 0.2) is 17.3 Å². The minimum absolute atomic E-state index is 0.115. The first-order chi connectivity index (χ1) is 25.2. The molecule has 2 heterocycles. The summed E-state index contributed by atoms with van der Waals surface area (Å²) in [6.07, 6.45) is -2.99. The average Bonchev–Trinajstić information content (AvgIpc) is 3.78. The molecule has 0 unspecified atom stereocenters. The summed E-state index contributed by atoms with van der Waals surface area (Å²) in [6, 6.07) is 27.1. The number of Topliss-reactive ketones (excluding diaryl/α,β-unsaturated/α-hetero) is 1. The van der Waals surface area contributed by atoms with E-state index < -0.39 is 47.7 Å². The van der Waals surface area contributed by atoms with Gasteiger partial charge in [0, 0.05) is 22.6 Å². The van der Waals surface area contributed by atoms with E-state index in [0.29, 0.717) is 47.2 Å². The van der Waals surface area contributed by atoms with Crippen molar-refractivity contribution in [3.05, 3.63) is 125 Å². The van der Waals surface area contributed by atoms with Crippen LogP contribution in [-0.2, 0) is 49.7 Å². The Labute approximate surface area is 295 Å². The number of benzene rings is 4. The van der Waals surface area contributed by atoms with E-state index in [1.807, 2.05) is 50.2 Å². The zero-order valence-electron chi connectivity index (χ0n) is 30.0. The maximum absolute atomic E-state index is 16.0. The van der Waals surface area contributed by atoms with Crippen molar-refractivity contribution >= 4 is 28.3 Å². The van der Waals surface area contributed by atoms with Crippen LogP contribution in [0.1, 0.15) is 51.8 Å². The molecular formula is C40H37F3N2O6. The number of carbonyl (C=O) groups excluding carboxylic acids is 2. The summed E-state index contributed by atoms with van der Waals surface area (Å²) in [5.74, 6) is -2.51. The van der Waals surface area contributed by atoms with Gasteiger partial charge in [-0.25, -0.2) is 4.39 Å². The highest BCUT2D eigenvalue weighted by atomic mass is 19.3. The molecule has 51 heavy (non-hydrogen) atoms. The molecule has 1 fully saturated rings. The van der Waals surface area contributed by atoms with Crippen molar-refractivity contribution in [1.82, 2.24) is 4.57 Å². The highest BCUT2D eigenvalue weighted by Crippen LogP contribution is 2.52. The fourth-order valence-electron chi connectivity index (χ4n) is 6.39. The van der Waals surface area contributed by atoms with Crippen LogP contribution in [0.15, 0.2) is 97.1 Å². The van der Waals surface area contributed by atoms with Crippen molar-refractivity contribution < 1.29 is 44.4 Å². The average molecular weight is 701 g/mol. The van der Waals surface area contributed by atoms with Gasteiger partial charge in [0.25, 0.3) is 0 Å². The Bertz CT molecular complexity index is 2170. The van der Waals surface area contributed by atoms with Crippen LogP contribution in [0.25, 0.3) is 10.9 Å². The zero-order valence-corrected chi connectivity index (χ0v) is 28.0. The van der Waals surface area contributed by atoms with Crippen molar-refractivity contribution in [2.75, 3.05) is 18.5 Å². The summed E-state index contributed by atoms with van der Waals surface area (Å²) in [6.45, 7) is 1.09. The number of hydrogen-bond acceptors (Lipinski definition) is 6. The van der Waals surface area contributed by atoms with Crippen LogP contribution in [0, 0.1) is 5.82 Å². The van der Waals surface area contributed by atoms with Crippen molar-refractivity contribution in [3.63, 3.8) is 0 Å². The van der Waals surface area contributed by atoms with E-state index in [1.165, 1.54) is 30.3 Å². The maximum Gasteiger partial charge on any atom is 0.586 e. The largest absolute Gasteiger partial charge is 0.586 e. The molecule has 1 N–H and O–H groups in total. The number of halogens is 3. The smallest absolute Gasteiger partial charge is 0.395 e. The second-order valence-corrected chi connectivity index (χ2v) is 13.5. The molecule has 11 heteroatoms. The van der Waals surface area contributed by atoms with Crippen molar-refractivity contribution in [2.45, 2.75) is 63.6 Å². The van der Waals surface area contributed by atoms with E-state index in [1.54, 1.807) is 34.9 Å². The first-order valence-electron chi connectivity index (χ1n) is 17.5. The fourth-order valence-corrected chi connectivity index (χ4v) is 6.39. The Morgan fingerprint density at radius 2 is 1.53 bits per heavy atom. The number of anilines is 1. The van der Waals surface area contributed by atoms with Gasteiger partial charge in [0.2, 0.25) is 5.91 Å². The lowest BCUT2D eigenvalue weighted by Crippen LogP contribution is -2.29. The van der Waals surface area contributed by atoms with Crippen LogP contribution in [0.5, 0.6) is 11.5 Å². The Balaban J connectivity index is 1.17. The van der Waals surface area contributed by atoms with Crippen LogP contribution < -0.4 is 14.8 Å². The van der Waals surface area contributed by atoms with Gasteiger partial charge >= 0.3 is 6.29 Å². The van der Waals surface area contributed by atoms with Gasteiger partial charge in [-0.15, -0.1) is 8.78 Å². The number of carbonyl (C=O) groups is 2. The molecule has 1 aliphatic carbocycles. The predicted octanol–water partition coefficient (Wildman–Crippen LogP) is 8.05. The van der Waals surface area contributed by atoms with E-state index in [2.05, 4.69) is 14.8 Å². The standard InChI is InChI=1S/C40H37F3N2O6/c1-38(2,25-49-23-27-11-7-4-8-12-27)36-18-28-17-32(31(41)20-33(28)45(36)21-30(46)24-48-22-26-9-5-3-6-10-26)44-37(47)39(15-16-39)29-13-14-34-35(19-29)51-40(42,43)50-34/h3-14,17-20H,15-16,21-25H2,1-2H3,(H,44,47)/i24D2.